The van der Waals surface area contributed by atoms with Gasteiger partial charge in [-0.1, -0.05) is 13.8 Å². The Labute approximate surface area is 104 Å². The fourth-order valence-electron chi connectivity index (χ4n) is 2.32. The summed E-state index contributed by atoms with van der Waals surface area (Å²) < 4.78 is 10.5. The second-order valence-corrected chi connectivity index (χ2v) is 4.95. The largest absolute Gasteiger partial charge is 0.466 e. The highest BCUT2D eigenvalue weighted by Crippen LogP contribution is 2.20. The van der Waals surface area contributed by atoms with Crippen molar-refractivity contribution in [3.8, 4) is 0 Å². The Morgan fingerprint density at radius 1 is 1.53 bits per heavy atom. The number of hydrogen-bond acceptors (Lipinski definition) is 4. The lowest BCUT2D eigenvalue weighted by Crippen LogP contribution is -2.46. The van der Waals surface area contributed by atoms with E-state index in [1.165, 1.54) is 0 Å². The maximum absolute atomic E-state index is 11.6. The smallest absolute Gasteiger partial charge is 0.309 e. The van der Waals surface area contributed by atoms with Gasteiger partial charge >= 0.3 is 5.97 Å². The van der Waals surface area contributed by atoms with Crippen molar-refractivity contribution in [3.05, 3.63) is 0 Å². The monoisotopic (exact) mass is 243 g/mol. The van der Waals surface area contributed by atoms with Crippen LogP contribution >= 0.6 is 0 Å². The molecular formula is C13H25NO3. The topological polar surface area (TPSA) is 38.8 Å². The Morgan fingerprint density at radius 2 is 2.24 bits per heavy atom. The first kappa shape index (κ1) is 14.5. The highest BCUT2D eigenvalue weighted by molar-refractivity contribution is 5.72. The van der Waals surface area contributed by atoms with E-state index in [9.17, 15) is 4.79 Å². The molecule has 0 N–H and O–H groups in total. The number of piperidine rings is 1. The van der Waals surface area contributed by atoms with Gasteiger partial charge in [0.2, 0.25) is 0 Å². The van der Waals surface area contributed by atoms with Gasteiger partial charge in [0.15, 0.2) is 0 Å². The van der Waals surface area contributed by atoms with Crippen LogP contribution in [0.5, 0.6) is 0 Å². The van der Waals surface area contributed by atoms with E-state index in [1.54, 1.807) is 7.11 Å². The molecule has 3 atom stereocenters. The summed E-state index contributed by atoms with van der Waals surface area (Å²) >= 11 is 0. The molecule has 0 aromatic heterocycles. The van der Waals surface area contributed by atoms with E-state index in [4.69, 9.17) is 9.47 Å². The highest BCUT2D eigenvalue weighted by Gasteiger charge is 2.28. The van der Waals surface area contributed by atoms with Crippen LogP contribution in [0.15, 0.2) is 0 Å². The van der Waals surface area contributed by atoms with Crippen LogP contribution < -0.4 is 0 Å². The summed E-state index contributed by atoms with van der Waals surface area (Å²) in [7, 11) is 1.76. The molecule has 0 radical (unpaired) electrons. The van der Waals surface area contributed by atoms with Crippen molar-refractivity contribution in [3.63, 3.8) is 0 Å². The SMILES string of the molecule is CCOC(=O)C(C)CN1CCC(C)C(OC)C1. The third-order valence-corrected chi connectivity index (χ3v) is 3.50. The van der Waals surface area contributed by atoms with Crippen LogP contribution in [0.3, 0.4) is 0 Å². The Balaban J connectivity index is 2.39. The van der Waals surface area contributed by atoms with E-state index >= 15 is 0 Å². The summed E-state index contributed by atoms with van der Waals surface area (Å²) in [5.41, 5.74) is 0. The van der Waals surface area contributed by atoms with Crippen LogP contribution in [0.1, 0.15) is 27.2 Å². The van der Waals surface area contributed by atoms with Crippen molar-refractivity contribution in [2.45, 2.75) is 33.3 Å². The molecule has 1 aliphatic rings. The van der Waals surface area contributed by atoms with Gasteiger partial charge in [-0.15, -0.1) is 0 Å². The molecule has 0 bridgehead atoms. The quantitative estimate of drug-likeness (QED) is 0.687. The number of carbonyl (C=O) groups excluding carboxylic acids is 1. The van der Waals surface area contributed by atoms with Crippen molar-refractivity contribution in [2.24, 2.45) is 11.8 Å². The predicted octanol–water partition coefficient (Wildman–Crippen LogP) is 1.54. The molecule has 17 heavy (non-hydrogen) atoms. The van der Waals surface area contributed by atoms with Gasteiger partial charge in [-0.05, 0) is 25.8 Å². The van der Waals surface area contributed by atoms with Crippen molar-refractivity contribution < 1.29 is 14.3 Å². The van der Waals surface area contributed by atoms with Gasteiger partial charge in [0.25, 0.3) is 0 Å². The lowest BCUT2D eigenvalue weighted by molar-refractivity contribution is -0.148. The number of carbonyl (C=O) groups is 1. The van der Waals surface area contributed by atoms with Gasteiger partial charge in [0, 0.05) is 20.2 Å². The zero-order valence-electron chi connectivity index (χ0n) is 11.4. The third-order valence-electron chi connectivity index (χ3n) is 3.50. The average Bonchev–Trinajstić information content (AvgIpc) is 2.31. The Kier molecular flexibility index (Phi) is 5.92. The molecule has 1 rings (SSSR count). The Bertz CT molecular complexity index is 245. The van der Waals surface area contributed by atoms with Gasteiger partial charge in [0.1, 0.15) is 0 Å². The summed E-state index contributed by atoms with van der Waals surface area (Å²) in [5, 5.41) is 0. The highest BCUT2D eigenvalue weighted by atomic mass is 16.5. The summed E-state index contributed by atoms with van der Waals surface area (Å²) in [5.74, 6) is 0.454. The van der Waals surface area contributed by atoms with Gasteiger partial charge in [0.05, 0.1) is 18.6 Å². The molecular weight excluding hydrogens is 218 g/mol. The number of rotatable bonds is 5. The minimum atomic E-state index is -0.0971. The maximum Gasteiger partial charge on any atom is 0.309 e. The number of methoxy groups -OCH3 is 1. The van der Waals surface area contributed by atoms with Crippen molar-refractivity contribution in [1.29, 1.82) is 0 Å². The van der Waals surface area contributed by atoms with E-state index in [0.717, 1.165) is 26.1 Å². The minimum absolute atomic E-state index is 0.0548. The fourth-order valence-corrected chi connectivity index (χ4v) is 2.32. The van der Waals surface area contributed by atoms with E-state index < -0.39 is 0 Å². The standard InChI is InChI=1S/C13H25NO3/c1-5-17-13(15)11(3)8-14-7-6-10(2)12(9-14)16-4/h10-12H,5-9H2,1-4H3. The Morgan fingerprint density at radius 3 is 2.82 bits per heavy atom. The fraction of sp³-hybridized carbons (Fsp3) is 0.923. The lowest BCUT2D eigenvalue weighted by atomic mass is 9.95. The zero-order valence-corrected chi connectivity index (χ0v) is 11.4. The maximum atomic E-state index is 11.6. The van der Waals surface area contributed by atoms with Gasteiger partial charge in [-0.25, -0.2) is 0 Å². The van der Waals surface area contributed by atoms with Crippen molar-refractivity contribution >= 4 is 5.97 Å². The second-order valence-electron chi connectivity index (χ2n) is 4.95. The predicted molar refractivity (Wildman–Crippen MR) is 66.8 cm³/mol. The molecule has 0 amide bonds. The number of hydrogen-bond donors (Lipinski definition) is 0. The molecule has 1 heterocycles. The number of ether oxygens (including phenoxy) is 2. The zero-order chi connectivity index (χ0) is 12.8. The lowest BCUT2D eigenvalue weighted by Gasteiger charge is -2.37. The van der Waals surface area contributed by atoms with Crippen LogP contribution in [-0.2, 0) is 14.3 Å². The molecule has 0 aromatic rings. The first-order valence-corrected chi connectivity index (χ1v) is 6.50. The summed E-state index contributed by atoms with van der Waals surface area (Å²) in [6.45, 7) is 9.19. The van der Waals surface area contributed by atoms with Crippen molar-refractivity contribution in [1.82, 2.24) is 4.90 Å². The summed E-state index contributed by atoms with van der Waals surface area (Å²) in [4.78, 5) is 13.9. The van der Waals surface area contributed by atoms with Crippen LogP contribution in [0.2, 0.25) is 0 Å². The first-order valence-electron chi connectivity index (χ1n) is 6.50. The molecule has 100 valence electrons. The molecule has 0 aromatic carbocycles. The molecule has 1 saturated heterocycles. The molecule has 1 aliphatic heterocycles. The molecule has 0 saturated carbocycles. The second kappa shape index (κ2) is 6.97. The van der Waals surface area contributed by atoms with Crippen LogP contribution in [-0.4, -0.2) is 50.3 Å². The number of likely N-dealkylation sites (tertiary alicyclic amines) is 1. The van der Waals surface area contributed by atoms with Crippen LogP contribution in [0, 0.1) is 11.8 Å². The summed E-state index contributed by atoms with van der Waals surface area (Å²) in [6, 6.07) is 0. The molecule has 4 nitrogen and oxygen atoms in total. The normalized spacial score (nSPS) is 27.8. The average molecular weight is 243 g/mol. The molecule has 0 aliphatic carbocycles. The Hall–Kier alpha value is -0.610. The van der Waals surface area contributed by atoms with Gasteiger partial charge in [-0.3, -0.25) is 9.69 Å². The number of nitrogens with zero attached hydrogens (tertiary/aromatic N) is 1. The molecule has 0 spiro atoms. The van der Waals surface area contributed by atoms with E-state index in [2.05, 4.69) is 11.8 Å². The van der Waals surface area contributed by atoms with Crippen molar-refractivity contribution in [2.75, 3.05) is 33.4 Å². The van der Waals surface area contributed by atoms with Crippen LogP contribution in [0.25, 0.3) is 0 Å². The van der Waals surface area contributed by atoms with E-state index in [1.807, 2.05) is 13.8 Å². The van der Waals surface area contributed by atoms with E-state index in [0.29, 0.717) is 12.5 Å². The number of esters is 1. The minimum Gasteiger partial charge on any atom is -0.466 e. The van der Waals surface area contributed by atoms with Crippen LogP contribution in [0.4, 0.5) is 0 Å². The molecule has 1 fully saturated rings. The van der Waals surface area contributed by atoms with Gasteiger partial charge < -0.3 is 9.47 Å². The first-order chi connectivity index (χ1) is 8.08. The van der Waals surface area contributed by atoms with Gasteiger partial charge in [-0.2, -0.15) is 0 Å². The summed E-state index contributed by atoms with van der Waals surface area (Å²) in [6.07, 6.45) is 1.42. The third kappa shape index (κ3) is 4.28. The molecule has 4 heteroatoms. The van der Waals surface area contributed by atoms with E-state index in [-0.39, 0.29) is 18.0 Å². The molecule has 3 unspecified atom stereocenters.